The Labute approximate surface area is 110 Å². The minimum atomic E-state index is -0.0608. The second-order valence-corrected chi connectivity index (χ2v) is 5.27. The number of anilines is 1. The number of nitrogen functional groups attached to an aromatic ring is 1. The van der Waals surface area contributed by atoms with Gasteiger partial charge in [0.05, 0.1) is 0 Å². The Morgan fingerprint density at radius 2 is 1.94 bits per heavy atom. The molecule has 0 aliphatic carbocycles. The van der Waals surface area contributed by atoms with Gasteiger partial charge in [0.15, 0.2) is 5.03 Å². The van der Waals surface area contributed by atoms with Crippen molar-refractivity contribution in [1.29, 1.82) is 0 Å². The number of nitrogens with zero attached hydrogens (tertiary/aromatic N) is 2. The average molecular weight is 261 g/mol. The third-order valence-corrected chi connectivity index (χ3v) is 3.47. The fourth-order valence-electron chi connectivity index (χ4n) is 1.53. The van der Waals surface area contributed by atoms with Gasteiger partial charge in [0.25, 0.3) is 5.56 Å². The summed E-state index contributed by atoms with van der Waals surface area (Å²) in [4.78, 5) is 17.2. The van der Waals surface area contributed by atoms with Gasteiger partial charge in [0, 0.05) is 29.0 Å². The van der Waals surface area contributed by atoms with Gasteiger partial charge in [-0.1, -0.05) is 11.8 Å². The lowest BCUT2D eigenvalue weighted by atomic mass is 10.3. The summed E-state index contributed by atoms with van der Waals surface area (Å²) in [5.74, 6) is 0. The Morgan fingerprint density at radius 3 is 2.56 bits per heavy atom. The Kier molecular flexibility index (Phi) is 3.72. The lowest BCUT2D eigenvalue weighted by Crippen LogP contribution is -2.23. The minimum Gasteiger partial charge on any atom is -0.399 e. The zero-order chi connectivity index (χ0) is 13.1. The molecule has 2 rings (SSSR count). The molecule has 1 heterocycles. The second kappa shape index (κ2) is 5.27. The monoisotopic (exact) mass is 261 g/mol. The maximum atomic E-state index is 12.1. The molecule has 1 aromatic heterocycles. The molecule has 0 atom stereocenters. The Bertz CT molecular complexity index is 590. The molecule has 0 spiro atoms. The van der Waals surface area contributed by atoms with Crippen LogP contribution in [0.2, 0.25) is 0 Å². The van der Waals surface area contributed by atoms with Gasteiger partial charge in [-0.05, 0) is 38.1 Å². The van der Waals surface area contributed by atoms with Crippen molar-refractivity contribution in [3.63, 3.8) is 0 Å². The highest BCUT2D eigenvalue weighted by Crippen LogP contribution is 2.24. The molecule has 2 N–H and O–H groups in total. The highest BCUT2D eigenvalue weighted by atomic mass is 32.2. The first-order chi connectivity index (χ1) is 8.58. The lowest BCUT2D eigenvalue weighted by Gasteiger charge is -2.10. The van der Waals surface area contributed by atoms with Crippen LogP contribution in [-0.4, -0.2) is 9.55 Å². The molecular weight excluding hydrogens is 246 g/mol. The SMILES string of the molecule is CC(C)n1ccnc(Sc2ccc(N)cc2)c1=O. The van der Waals surface area contributed by atoms with E-state index in [0.717, 1.165) is 4.90 Å². The molecule has 0 aliphatic rings. The second-order valence-electron chi connectivity index (χ2n) is 4.21. The number of aromatic nitrogens is 2. The molecule has 0 aliphatic heterocycles. The van der Waals surface area contributed by atoms with E-state index < -0.39 is 0 Å². The molecule has 0 saturated heterocycles. The van der Waals surface area contributed by atoms with Crippen LogP contribution in [0, 0.1) is 0 Å². The summed E-state index contributed by atoms with van der Waals surface area (Å²) < 4.78 is 1.67. The van der Waals surface area contributed by atoms with E-state index in [9.17, 15) is 4.79 Å². The van der Waals surface area contributed by atoms with Crippen molar-refractivity contribution >= 4 is 17.4 Å². The normalized spacial score (nSPS) is 10.8. The van der Waals surface area contributed by atoms with E-state index in [4.69, 9.17) is 5.73 Å². The fraction of sp³-hybridized carbons (Fsp3) is 0.231. The maximum Gasteiger partial charge on any atom is 0.283 e. The van der Waals surface area contributed by atoms with Crippen LogP contribution in [0.5, 0.6) is 0 Å². The van der Waals surface area contributed by atoms with Crippen LogP contribution < -0.4 is 11.3 Å². The van der Waals surface area contributed by atoms with E-state index in [1.54, 1.807) is 17.0 Å². The van der Waals surface area contributed by atoms with Gasteiger partial charge in [-0.3, -0.25) is 4.79 Å². The molecule has 0 fully saturated rings. The quantitative estimate of drug-likeness (QED) is 0.863. The molecule has 2 aromatic rings. The lowest BCUT2D eigenvalue weighted by molar-refractivity contribution is 0.561. The summed E-state index contributed by atoms with van der Waals surface area (Å²) in [6.07, 6.45) is 3.36. The van der Waals surface area contributed by atoms with Crippen LogP contribution >= 0.6 is 11.8 Å². The van der Waals surface area contributed by atoms with Crippen LogP contribution in [0.25, 0.3) is 0 Å². The molecule has 5 heteroatoms. The molecule has 0 unspecified atom stereocenters. The zero-order valence-electron chi connectivity index (χ0n) is 10.3. The number of hydrogen-bond donors (Lipinski definition) is 1. The van der Waals surface area contributed by atoms with Crippen LogP contribution in [0.3, 0.4) is 0 Å². The van der Waals surface area contributed by atoms with E-state index >= 15 is 0 Å². The fourth-order valence-corrected chi connectivity index (χ4v) is 2.33. The van der Waals surface area contributed by atoms with Crippen molar-refractivity contribution in [2.45, 2.75) is 29.8 Å². The first-order valence-corrected chi connectivity index (χ1v) is 6.50. The zero-order valence-corrected chi connectivity index (χ0v) is 11.1. The third kappa shape index (κ3) is 2.73. The van der Waals surface area contributed by atoms with E-state index in [1.165, 1.54) is 11.8 Å². The van der Waals surface area contributed by atoms with Gasteiger partial charge < -0.3 is 10.3 Å². The van der Waals surface area contributed by atoms with Crippen molar-refractivity contribution < 1.29 is 0 Å². The third-order valence-electron chi connectivity index (χ3n) is 2.49. The van der Waals surface area contributed by atoms with Crippen molar-refractivity contribution in [1.82, 2.24) is 9.55 Å². The first-order valence-electron chi connectivity index (χ1n) is 5.68. The molecule has 0 saturated carbocycles. The summed E-state index contributed by atoms with van der Waals surface area (Å²) in [5, 5.41) is 0.482. The van der Waals surface area contributed by atoms with Gasteiger partial charge in [0.2, 0.25) is 0 Å². The average Bonchev–Trinajstić information content (AvgIpc) is 2.34. The minimum absolute atomic E-state index is 0.0608. The predicted molar refractivity (Wildman–Crippen MR) is 73.9 cm³/mol. The summed E-state index contributed by atoms with van der Waals surface area (Å²) in [6.45, 7) is 3.94. The Hall–Kier alpha value is -1.75. The molecule has 4 nitrogen and oxygen atoms in total. The van der Waals surface area contributed by atoms with Crippen molar-refractivity contribution in [2.75, 3.05) is 5.73 Å². The summed E-state index contributed by atoms with van der Waals surface area (Å²) in [7, 11) is 0. The van der Waals surface area contributed by atoms with Crippen LogP contribution in [0.15, 0.2) is 51.4 Å². The van der Waals surface area contributed by atoms with Gasteiger partial charge in [-0.2, -0.15) is 0 Å². The maximum absolute atomic E-state index is 12.1. The molecule has 18 heavy (non-hydrogen) atoms. The summed E-state index contributed by atoms with van der Waals surface area (Å²) in [5.41, 5.74) is 6.27. The van der Waals surface area contributed by atoms with Gasteiger partial charge in [0.1, 0.15) is 0 Å². The number of rotatable bonds is 3. The van der Waals surface area contributed by atoms with Crippen LogP contribution in [-0.2, 0) is 0 Å². The van der Waals surface area contributed by atoms with E-state index in [1.807, 2.05) is 38.1 Å². The van der Waals surface area contributed by atoms with E-state index in [2.05, 4.69) is 4.98 Å². The largest absolute Gasteiger partial charge is 0.399 e. The topological polar surface area (TPSA) is 60.9 Å². The molecule has 1 aromatic carbocycles. The van der Waals surface area contributed by atoms with E-state index in [0.29, 0.717) is 10.7 Å². The van der Waals surface area contributed by atoms with Crippen LogP contribution in [0.4, 0.5) is 5.69 Å². The van der Waals surface area contributed by atoms with Crippen molar-refractivity contribution in [3.05, 3.63) is 47.0 Å². The van der Waals surface area contributed by atoms with Crippen molar-refractivity contribution in [2.24, 2.45) is 0 Å². The first kappa shape index (κ1) is 12.7. The van der Waals surface area contributed by atoms with Gasteiger partial charge in [-0.15, -0.1) is 0 Å². The highest BCUT2D eigenvalue weighted by Gasteiger charge is 2.08. The number of benzene rings is 1. The smallest absolute Gasteiger partial charge is 0.283 e. The molecular formula is C13H15N3OS. The highest BCUT2D eigenvalue weighted by molar-refractivity contribution is 7.99. The molecule has 94 valence electrons. The van der Waals surface area contributed by atoms with E-state index in [-0.39, 0.29) is 11.6 Å². The molecule has 0 bridgehead atoms. The molecule has 0 amide bonds. The Balaban J connectivity index is 2.32. The summed E-state index contributed by atoms with van der Waals surface area (Å²) >= 11 is 1.35. The van der Waals surface area contributed by atoms with Gasteiger partial charge in [-0.25, -0.2) is 4.98 Å². The number of hydrogen-bond acceptors (Lipinski definition) is 4. The van der Waals surface area contributed by atoms with Crippen molar-refractivity contribution in [3.8, 4) is 0 Å². The molecule has 0 radical (unpaired) electrons. The van der Waals surface area contributed by atoms with Crippen LogP contribution in [0.1, 0.15) is 19.9 Å². The van der Waals surface area contributed by atoms with Gasteiger partial charge >= 0.3 is 0 Å². The Morgan fingerprint density at radius 1 is 1.28 bits per heavy atom. The predicted octanol–water partition coefficient (Wildman–Crippen LogP) is 2.56. The number of nitrogens with two attached hydrogens (primary N) is 1. The standard InChI is InChI=1S/C13H15N3OS/c1-9(2)16-8-7-15-12(13(16)17)18-11-5-3-10(14)4-6-11/h3-9H,14H2,1-2H3. The summed E-state index contributed by atoms with van der Waals surface area (Å²) in [6, 6.07) is 7.52.